The molecule has 94 valence electrons. The van der Waals surface area contributed by atoms with Crippen LogP contribution in [0.4, 0.5) is 0 Å². The zero-order valence-corrected chi connectivity index (χ0v) is 10.3. The molecule has 2 N–H and O–H groups in total. The number of benzene rings is 1. The second-order valence-corrected chi connectivity index (χ2v) is 4.16. The Morgan fingerprint density at radius 1 is 1.00 bits per heavy atom. The smallest absolute Gasteiger partial charge is 0.0577 e. The molecule has 1 aromatic heterocycles. The largest absolute Gasteiger partial charge is 0.396 e. The number of aromatic nitrogens is 1. The highest BCUT2D eigenvalue weighted by molar-refractivity contribution is 5.30. The number of hydrogen-bond acceptors (Lipinski definition) is 3. The minimum Gasteiger partial charge on any atom is -0.396 e. The minimum atomic E-state index is 0.153. The first-order valence-electron chi connectivity index (χ1n) is 6.21. The lowest BCUT2D eigenvalue weighted by atomic mass is 9.99. The van der Waals surface area contributed by atoms with Gasteiger partial charge in [-0.1, -0.05) is 30.3 Å². The van der Waals surface area contributed by atoms with Gasteiger partial charge in [0.2, 0.25) is 0 Å². The molecule has 0 spiro atoms. The summed E-state index contributed by atoms with van der Waals surface area (Å²) in [7, 11) is 0. The third-order valence-corrected chi connectivity index (χ3v) is 2.86. The monoisotopic (exact) mass is 242 g/mol. The van der Waals surface area contributed by atoms with Gasteiger partial charge in [-0.25, -0.2) is 0 Å². The standard InChI is InChI=1S/C15H18N2O/c18-12-4-9-17-15(13-5-2-1-3-6-13)14-7-10-16-11-8-14/h1-3,5-8,10-11,15,17-18H,4,9,12H2/t15-/m1/s1. The van der Waals surface area contributed by atoms with E-state index >= 15 is 0 Å². The Bertz CT molecular complexity index is 405. The Kier molecular flexibility index (Phi) is 4.88. The van der Waals surface area contributed by atoms with Crippen LogP contribution in [0.25, 0.3) is 0 Å². The first-order chi connectivity index (χ1) is 8.92. The molecule has 18 heavy (non-hydrogen) atoms. The average molecular weight is 242 g/mol. The highest BCUT2D eigenvalue weighted by atomic mass is 16.3. The van der Waals surface area contributed by atoms with Crippen LogP contribution in [0, 0.1) is 0 Å². The van der Waals surface area contributed by atoms with Gasteiger partial charge in [0.1, 0.15) is 0 Å². The van der Waals surface area contributed by atoms with Gasteiger partial charge in [-0.2, -0.15) is 0 Å². The van der Waals surface area contributed by atoms with Crippen LogP contribution in [0.2, 0.25) is 0 Å². The molecule has 1 aromatic carbocycles. The molecule has 0 aliphatic heterocycles. The van der Waals surface area contributed by atoms with E-state index < -0.39 is 0 Å². The van der Waals surface area contributed by atoms with Crippen molar-refractivity contribution in [2.45, 2.75) is 12.5 Å². The summed E-state index contributed by atoms with van der Waals surface area (Å²) in [6.45, 7) is 1.00. The third kappa shape index (κ3) is 3.39. The Hall–Kier alpha value is -1.71. The van der Waals surface area contributed by atoms with Gasteiger partial charge in [0.05, 0.1) is 6.04 Å². The van der Waals surface area contributed by atoms with Crippen molar-refractivity contribution in [1.82, 2.24) is 10.3 Å². The number of nitrogens with zero attached hydrogens (tertiary/aromatic N) is 1. The fourth-order valence-electron chi connectivity index (χ4n) is 1.95. The third-order valence-electron chi connectivity index (χ3n) is 2.86. The molecule has 2 aromatic rings. The minimum absolute atomic E-state index is 0.153. The molecule has 0 bridgehead atoms. The molecule has 0 aliphatic rings. The van der Waals surface area contributed by atoms with E-state index in [0.29, 0.717) is 0 Å². The normalized spacial score (nSPS) is 12.3. The summed E-state index contributed by atoms with van der Waals surface area (Å²) in [6.07, 6.45) is 4.37. The summed E-state index contributed by atoms with van der Waals surface area (Å²) in [6, 6.07) is 14.5. The topological polar surface area (TPSA) is 45.1 Å². The van der Waals surface area contributed by atoms with Crippen molar-refractivity contribution >= 4 is 0 Å². The maximum absolute atomic E-state index is 8.87. The van der Waals surface area contributed by atoms with E-state index in [1.54, 1.807) is 12.4 Å². The van der Waals surface area contributed by atoms with Crippen LogP contribution < -0.4 is 5.32 Å². The molecule has 0 unspecified atom stereocenters. The number of aliphatic hydroxyl groups is 1. The molecule has 0 radical (unpaired) electrons. The summed E-state index contributed by atoms with van der Waals surface area (Å²) in [4.78, 5) is 4.05. The molecule has 2 rings (SSSR count). The molecular weight excluding hydrogens is 224 g/mol. The molecule has 3 heteroatoms. The van der Waals surface area contributed by atoms with E-state index in [0.717, 1.165) is 13.0 Å². The number of aliphatic hydroxyl groups excluding tert-OH is 1. The molecule has 0 amide bonds. The van der Waals surface area contributed by atoms with E-state index in [1.807, 2.05) is 30.3 Å². The number of hydrogen-bond donors (Lipinski definition) is 2. The number of rotatable bonds is 6. The van der Waals surface area contributed by atoms with E-state index in [1.165, 1.54) is 11.1 Å². The maximum Gasteiger partial charge on any atom is 0.0577 e. The average Bonchev–Trinajstić information content (AvgIpc) is 2.46. The van der Waals surface area contributed by atoms with Gasteiger partial charge in [-0.05, 0) is 36.2 Å². The second-order valence-electron chi connectivity index (χ2n) is 4.16. The van der Waals surface area contributed by atoms with Crippen LogP contribution in [-0.2, 0) is 0 Å². The first kappa shape index (κ1) is 12.7. The van der Waals surface area contributed by atoms with Crippen molar-refractivity contribution in [3.8, 4) is 0 Å². The summed E-state index contributed by atoms with van der Waals surface area (Å²) in [5.41, 5.74) is 2.41. The number of nitrogens with one attached hydrogen (secondary N) is 1. The Morgan fingerprint density at radius 2 is 1.67 bits per heavy atom. The predicted molar refractivity (Wildman–Crippen MR) is 72.2 cm³/mol. The SMILES string of the molecule is OCCCN[C@H](c1ccccc1)c1ccncc1. The lowest BCUT2D eigenvalue weighted by Crippen LogP contribution is -2.24. The summed E-state index contributed by atoms with van der Waals surface area (Å²) in [5, 5.41) is 12.3. The van der Waals surface area contributed by atoms with Crippen molar-refractivity contribution < 1.29 is 5.11 Å². The molecule has 0 aliphatic carbocycles. The second kappa shape index (κ2) is 6.89. The Labute approximate surface area is 108 Å². The highest BCUT2D eigenvalue weighted by Gasteiger charge is 2.12. The molecule has 3 nitrogen and oxygen atoms in total. The maximum atomic E-state index is 8.87. The van der Waals surface area contributed by atoms with Crippen LogP contribution in [0.15, 0.2) is 54.9 Å². The zero-order chi connectivity index (χ0) is 12.6. The van der Waals surface area contributed by atoms with Gasteiger partial charge < -0.3 is 10.4 Å². The van der Waals surface area contributed by atoms with Gasteiger partial charge in [0.15, 0.2) is 0 Å². The highest BCUT2D eigenvalue weighted by Crippen LogP contribution is 2.20. The first-order valence-corrected chi connectivity index (χ1v) is 6.21. The van der Waals surface area contributed by atoms with Crippen molar-refractivity contribution in [2.75, 3.05) is 13.2 Å². The van der Waals surface area contributed by atoms with Gasteiger partial charge in [0.25, 0.3) is 0 Å². The Morgan fingerprint density at radius 3 is 2.33 bits per heavy atom. The Balaban J connectivity index is 2.18. The fraction of sp³-hybridized carbons (Fsp3) is 0.267. The van der Waals surface area contributed by atoms with Crippen LogP contribution in [0.1, 0.15) is 23.6 Å². The van der Waals surface area contributed by atoms with Crippen molar-refractivity contribution in [2.24, 2.45) is 0 Å². The molecule has 1 heterocycles. The van der Waals surface area contributed by atoms with Gasteiger partial charge in [-0.15, -0.1) is 0 Å². The molecular formula is C15H18N2O. The summed E-state index contributed by atoms with van der Waals surface area (Å²) in [5.74, 6) is 0. The molecule has 0 fully saturated rings. The van der Waals surface area contributed by atoms with Crippen LogP contribution >= 0.6 is 0 Å². The number of pyridine rings is 1. The van der Waals surface area contributed by atoms with Crippen LogP contribution in [0.5, 0.6) is 0 Å². The zero-order valence-electron chi connectivity index (χ0n) is 10.3. The van der Waals surface area contributed by atoms with Crippen LogP contribution in [0.3, 0.4) is 0 Å². The van der Waals surface area contributed by atoms with E-state index in [-0.39, 0.29) is 12.6 Å². The summed E-state index contributed by atoms with van der Waals surface area (Å²) >= 11 is 0. The van der Waals surface area contributed by atoms with Gasteiger partial charge >= 0.3 is 0 Å². The lowest BCUT2D eigenvalue weighted by Gasteiger charge is -2.19. The van der Waals surface area contributed by atoms with Crippen molar-refractivity contribution in [3.05, 3.63) is 66.0 Å². The molecule has 1 atom stereocenters. The quantitative estimate of drug-likeness (QED) is 0.763. The van der Waals surface area contributed by atoms with Crippen LogP contribution in [-0.4, -0.2) is 23.2 Å². The van der Waals surface area contributed by atoms with Gasteiger partial charge in [-0.3, -0.25) is 4.98 Å². The van der Waals surface area contributed by atoms with Crippen molar-refractivity contribution in [1.29, 1.82) is 0 Å². The molecule has 0 saturated carbocycles. The van der Waals surface area contributed by atoms with E-state index in [9.17, 15) is 0 Å². The van der Waals surface area contributed by atoms with Crippen molar-refractivity contribution in [3.63, 3.8) is 0 Å². The lowest BCUT2D eigenvalue weighted by molar-refractivity contribution is 0.284. The van der Waals surface area contributed by atoms with E-state index in [4.69, 9.17) is 5.11 Å². The fourth-order valence-corrected chi connectivity index (χ4v) is 1.95. The summed E-state index contributed by atoms with van der Waals surface area (Å²) < 4.78 is 0. The molecule has 0 saturated heterocycles. The van der Waals surface area contributed by atoms with E-state index in [2.05, 4.69) is 22.4 Å². The predicted octanol–water partition coefficient (Wildman–Crippen LogP) is 2.14. The van der Waals surface area contributed by atoms with Gasteiger partial charge in [0, 0.05) is 19.0 Å².